The molecule has 2 heterocycles. The summed E-state index contributed by atoms with van der Waals surface area (Å²) in [6.45, 7) is 8.04. The van der Waals surface area contributed by atoms with E-state index < -0.39 is 0 Å². The number of hydrogen-bond acceptors (Lipinski definition) is 4. The van der Waals surface area contributed by atoms with Gasteiger partial charge in [0.05, 0.1) is 17.6 Å². The summed E-state index contributed by atoms with van der Waals surface area (Å²) in [5.74, 6) is 0.683. The molecule has 0 radical (unpaired) electrons. The average Bonchev–Trinajstić information content (AvgIpc) is 3.20. The number of aromatic nitrogens is 3. The van der Waals surface area contributed by atoms with Crippen molar-refractivity contribution in [2.45, 2.75) is 26.3 Å². The molecule has 3 rings (SSSR count). The zero-order valence-corrected chi connectivity index (χ0v) is 14.2. The minimum atomic E-state index is 0.683. The normalized spacial score (nSPS) is 17.0. The average molecular weight is 313 g/mol. The Bertz CT molecular complexity index is 588. The van der Waals surface area contributed by atoms with Crippen molar-refractivity contribution < 1.29 is 0 Å². The highest BCUT2D eigenvalue weighted by Crippen LogP contribution is 2.12. The first-order valence-electron chi connectivity index (χ1n) is 8.58. The third-order valence-electron chi connectivity index (χ3n) is 4.39. The van der Waals surface area contributed by atoms with Gasteiger partial charge in [-0.25, -0.2) is 4.68 Å². The third kappa shape index (κ3) is 4.62. The smallest absolute Gasteiger partial charge is 0.0971 e. The first kappa shape index (κ1) is 16.1. The van der Waals surface area contributed by atoms with Crippen LogP contribution in [0.3, 0.4) is 0 Å². The Hall–Kier alpha value is -1.72. The standard InChI is InChI=1S/C18H27N5/c1-16(13-22-10-6-7-11-22)12-21(2)14-17-15-23(20-19-17)18-8-4-3-5-9-18/h3-5,8-9,15-16H,6-7,10-14H2,1-2H3/t16-/m0/s1. The van der Waals surface area contributed by atoms with Gasteiger partial charge < -0.3 is 9.80 Å². The molecule has 0 saturated carbocycles. The molecule has 0 unspecified atom stereocenters. The van der Waals surface area contributed by atoms with Gasteiger partial charge >= 0.3 is 0 Å². The second kappa shape index (κ2) is 7.70. The van der Waals surface area contributed by atoms with Crippen molar-refractivity contribution in [3.63, 3.8) is 0 Å². The van der Waals surface area contributed by atoms with E-state index in [0.29, 0.717) is 5.92 Å². The topological polar surface area (TPSA) is 37.2 Å². The number of likely N-dealkylation sites (tertiary alicyclic amines) is 1. The maximum Gasteiger partial charge on any atom is 0.0971 e. The predicted octanol–water partition coefficient (Wildman–Crippen LogP) is 2.43. The van der Waals surface area contributed by atoms with Gasteiger partial charge in [0.2, 0.25) is 0 Å². The van der Waals surface area contributed by atoms with Crippen molar-refractivity contribution in [1.29, 1.82) is 0 Å². The largest absolute Gasteiger partial charge is 0.303 e. The second-order valence-corrected chi connectivity index (χ2v) is 6.80. The van der Waals surface area contributed by atoms with Crippen LogP contribution < -0.4 is 0 Å². The highest BCUT2D eigenvalue weighted by molar-refractivity contribution is 5.29. The van der Waals surface area contributed by atoms with Gasteiger partial charge in [-0.3, -0.25) is 0 Å². The zero-order valence-electron chi connectivity index (χ0n) is 14.2. The molecule has 1 aromatic heterocycles. The summed E-state index contributed by atoms with van der Waals surface area (Å²) in [6, 6.07) is 10.1. The Morgan fingerprint density at radius 1 is 1.17 bits per heavy atom. The molecule has 1 aliphatic heterocycles. The molecule has 1 aliphatic rings. The summed E-state index contributed by atoms with van der Waals surface area (Å²) in [5, 5.41) is 8.54. The van der Waals surface area contributed by atoms with Crippen LogP contribution in [0.25, 0.3) is 5.69 Å². The van der Waals surface area contributed by atoms with E-state index in [-0.39, 0.29) is 0 Å². The molecule has 0 amide bonds. The SMILES string of the molecule is C[C@@H](CN(C)Cc1cn(-c2ccccc2)nn1)CN1CCCC1. The van der Waals surface area contributed by atoms with E-state index in [4.69, 9.17) is 0 Å². The predicted molar refractivity (Wildman–Crippen MR) is 92.5 cm³/mol. The molecule has 1 aromatic carbocycles. The monoisotopic (exact) mass is 313 g/mol. The van der Waals surface area contributed by atoms with Crippen LogP contribution in [0, 0.1) is 5.92 Å². The number of benzene rings is 1. The molecule has 5 heteroatoms. The van der Waals surface area contributed by atoms with Gasteiger partial charge in [-0.05, 0) is 51.0 Å². The van der Waals surface area contributed by atoms with Gasteiger partial charge in [-0.15, -0.1) is 5.10 Å². The van der Waals surface area contributed by atoms with Crippen LogP contribution >= 0.6 is 0 Å². The summed E-state index contributed by atoms with van der Waals surface area (Å²) in [7, 11) is 2.17. The highest BCUT2D eigenvalue weighted by Gasteiger charge is 2.16. The van der Waals surface area contributed by atoms with Crippen molar-refractivity contribution >= 4 is 0 Å². The Labute approximate surface area is 138 Å². The number of rotatable bonds is 7. The lowest BCUT2D eigenvalue weighted by molar-refractivity contribution is 0.220. The van der Waals surface area contributed by atoms with Crippen LogP contribution in [0.15, 0.2) is 36.5 Å². The lowest BCUT2D eigenvalue weighted by Gasteiger charge is -2.24. The highest BCUT2D eigenvalue weighted by atomic mass is 15.4. The van der Waals surface area contributed by atoms with Crippen molar-refractivity contribution in [3.05, 3.63) is 42.2 Å². The summed E-state index contributed by atoms with van der Waals surface area (Å²) in [6.07, 6.45) is 4.76. The lowest BCUT2D eigenvalue weighted by Crippen LogP contribution is -2.32. The van der Waals surface area contributed by atoms with E-state index in [1.807, 2.05) is 41.2 Å². The number of para-hydroxylation sites is 1. The second-order valence-electron chi connectivity index (χ2n) is 6.80. The summed E-state index contributed by atoms with van der Waals surface area (Å²) >= 11 is 0. The molecule has 2 aromatic rings. The molecule has 0 aliphatic carbocycles. The van der Waals surface area contributed by atoms with Crippen LogP contribution in [0.1, 0.15) is 25.5 Å². The van der Waals surface area contributed by atoms with E-state index in [1.54, 1.807) is 0 Å². The van der Waals surface area contributed by atoms with Crippen molar-refractivity contribution in [3.8, 4) is 5.69 Å². The molecule has 1 fully saturated rings. The molecule has 23 heavy (non-hydrogen) atoms. The quantitative estimate of drug-likeness (QED) is 0.787. The van der Waals surface area contributed by atoms with E-state index >= 15 is 0 Å². The molecule has 0 spiro atoms. The Balaban J connectivity index is 1.49. The van der Waals surface area contributed by atoms with Crippen LogP contribution in [-0.2, 0) is 6.54 Å². The maximum atomic E-state index is 4.30. The summed E-state index contributed by atoms with van der Waals surface area (Å²) in [5.41, 5.74) is 2.07. The fraction of sp³-hybridized carbons (Fsp3) is 0.556. The Morgan fingerprint density at radius 3 is 2.65 bits per heavy atom. The van der Waals surface area contributed by atoms with Crippen molar-refractivity contribution in [2.24, 2.45) is 5.92 Å². The minimum absolute atomic E-state index is 0.683. The van der Waals surface area contributed by atoms with E-state index in [9.17, 15) is 0 Å². The third-order valence-corrected chi connectivity index (χ3v) is 4.39. The maximum absolute atomic E-state index is 4.30. The first-order chi connectivity index (χ1) is 11.2. The molecule has 5 nitrogen and oxygen atoms in total. The minimum Gasteiger partial charge on any atom is -0.303 e. The fourth-order valence-electron chi connectivity index (χ4n) is 3.41. The van der Waals surface area contributed by atoms with Crippen molar-refractivity contribution in [2.75, 3.05) is 33.2 Å². The molecule has 0 bridgehead atoms. The van der Waals surface area contributed by atoms with Crippen LogP contribution in [-0.4, -0.2) is 58.0 Å². The lowest BCUT2D eigenvalue weighted by atomic mass is 10.1. The molecule has 124 valence electrons. The van der Waals surface area contributed by atoms with E-state index in [0.717, 1.165) is 24.5 Å². The Morgan fingerprint density at radius 2 is 1.91 bits per heavy atom. The molecule has 0 N–H and O–H groups in total. The molecular weight excluding hydrogens is 286 g/mol. The van der Waals surface area contributed by atoms with Gasteiger partial charge in [0, 0.05) is 19.6 Å². The summed E-state index contributed by atoms with van der Waals surface area (Å²) in [4.78, 5) is 4.93. The Kier molecular flexibility index (Phi) is 5.41. The van der Waals surface area contributed by atoms with Gasteiger partial charge in [0.15, 0.2) is 0 Å². The van der Waals surface area contributed by atoms with Crippen molar-refractivity contribution in [1.82, 2.24) is 24.8 Å². The van der Waals surface area contributed by atoms with Gasteiger partial charge in [-0.1, -0.05) is 30.3 Å². The van der Waals surface area contributed by atoms with Gasteiger partial charge in [0.1, 0.15) is 0 Å². The van der Waals surface area contributed by atoms with Crippen LogP contribution in [0.5, 0.6) is 0 Å². The first-order valence-corrected chi connectivity index (χ1v) is 8.58. The zero-order chi connectivity index (χ0) is 16.1. The summed E-state index contributed by atoms with van der Waals surface area (Å²) < 4.78 is 1.84. The number of hydrogen-bond donors (Lipinski definition) is 0. The number of nitrogens with zero attached hydrogens (tertiary/aromatic N) is 5. The van der Waals surface area contributed by atoms with E-state index in [1.165, 1.54) is 32.5 Å². The van der Waals surface area contributed by atoms with Crippen LogP contribution in [0.4, 0.5) is 0 Å². The molecule has 1 atom stereocenters. The molecule has 1 saturated heterocycles. The van der Waals surface area contributed by atoms with Crippen LogP contribution in [0.2, 0.25) is 0 Å². The van der Waals surface area contributed by atoms with Gasteiger partial charge in [-0.2, -0.15) is 0 Å². The fourth-order valence-corrected chi connectivity index (χ4v) is 3.41. The van der Waals surface area contributed by atoms with E-state index in [2.05, 4.69) is 34.1 Å². The van der Waals surface area contributed by atoms with Gasteiger partial charge in [0.25, 0.3) is 0 Å². The molecular formula is C18H27N5.